The highest BCUT2D eigenvalue weighted by molar-refractivity contribution is 9.09. The lowest BCUT2D eigenvalue weighted by molar-refractivity contribution is 0.496. The van der Waals surface area contributed by atoms with Gasteiger partial charge in [-0.2, -0.15) is 11.8 Å². The molecule has 0 fully saturated rings. The summed E-state index contributed by atoms with van der Waals surface area (Å²) in [4.78, 5) is 0. The minimum absolute atomic E-state index is 0.252. The van der Waals surface area contributed by atoms with Crippen molar-refractivity contribution in [1.82, 2.24) is 0 Å². The van der Waals surface area contributed by atoms with Crippen molar-refractivity contribution in [2.45, 2.75) is 13.8 Å². The van der Waals surface area contributed by atoms with Crippen LogP contribution in [0.25, 0.3) is 0 Å². The molecule has 0 atom stereocenters. The molecule has 0 unspecified atom stereocenters. The number of rotatable bonds is 6. The van der Waals surface area contributed by atoms with Gasteiger partial charge in [-0.25, -0.2) is 8.42 Å². The molecule has 0 spiro atoms. The average molecular weight is 289 g/mol. The van der Waals surface area contributed by atoms with Crippen molar-refractivity contribution in [1.29, 1.82) is 0 Å². The van der Waals surface area contributed by atoms with Crippen LogP contribution in [0.5, 0.6) is 0 Å². The highest BCUT2D eigenvalue weighted by Gasteiger charge is 2.15. The van der Waals surface area contributed by atoms with E-state index in [-0.39, 0.29) is 11.2 Å². The van der Waals surface area contributed by atoms with Crippen molar-refractivity contribution < 1.29 is 8.42 Å². The average Bonchev–Trinajstić information content (AvgIpc) is 1.97. The summed E-state index contributed by atoms with van der Waals surface area (Å²) < 4.78 is 21.6. The fourth-order valence-electron chi connectivity index (χ4n) is 0.597. The van der Waals surface area contributed by atoms with Crippen LogP contribution < -0.4 is 0 Å². The molecule has 0 amide bonds. The van der Waals surface area contributed by atoms with E-state index >= 15 is 0 Å². The van der Waals surface area contributed by atoms with E-state index in [1.54, 1.807) is 11.8 Å². The fraction of sp³-hybridized carbons (Fsp3) is 1.00. The van der Waals surface area contributed by atoms with Crippen LogP contribution in [0.4, 0.5) is 0 Å². The summed E-state index contributed by atoms with van der Waals surface area (Å²) in [6, 6.07) is 0. The predicted molar refractivity (Wildman–Crippen MR) is 64.6 cm³/mol. The molecule has 0 N–H and O–H groups in total. The van der Waals surface area contributed by atoms with Crippen molar-refractivity contribution in [2.24, 2.45) is 5.41 Å². The molecule has 0 heterocycles. The lowest BCUT2D eigenvalue weighted by Crippen LogP contribution is -2.17. The van der Waals surface area contributed by atoms with E-state index in [1.807, 2.05) is 0 Å². The second kappa shape index (κ2) is 5.61. The summed E-state index contributed by atoms with van der Waals surface area (Å²) in [5, 5.41) is 0.950. The molecule has 80 valence electrons. The third-order valence-corrected chi connectivity index (χ3v) is 5.65. The Balaban J connectivity index is 3.58. The normalized spacial score (nSPS) is 13.2. The van der Waals surface area contributed by atoms with Crippen LogP contribution in [0.2, 0.25) is 0 Å². The first-order valence-corrected chi connectivity index (χ1v) is 8.42. The number of hydrogen-bond donors (Lipinski definition) is 0. The second-order valence-electron chi connectivity index (χ2n) is 3.98. The minimum Gasteiger partial charge on any atom is -0.229 e. The van der Waals surface area contributed by atoms with Crippen molar-refractivity contribution >= 4 is 37.5 Å². The van der Waals surface area contributed by atoms with Crippen LogP contribution in [-0.4, -0.2) is 37.3 Å². The quantitative estimate of drug-likeness (QED) is 0.555. The first-order chi connectivity index (χ1) is 5.77. The van der Waals surface area contributed by atoms with Crippen LogP contribution in [0.1, 0.15) is 13.8 Å². The molecule has 0 radical (unpaired) electrons. The van der Waals surface area contributed by atoms with Gasteiger partial charge >= 0.3 is 0 Å². The maximum Gasteiger partial charge on any atom is 0.148 e. The van der Waals surface area contributed by atoms with Gasteiger partial charge < -0.3 is 0 Å². The Morgan fingerprint density at radius 2 is 1.92 bits per heavy atom. The third-order valence-electron chi connectivity index (χ3n) is 1.45. The molecule has 0 aromatic carbocycles. The zero-order chi connectivity index (χ0) is 10.5. The van der Waals surface area contributed by atoms with E-state index in [9.17, 15) is 8.42 Å². The molecule has 0 saturated heterocycles. The van der Waals surface area contributed by atoms with Gasteiger partial charge in [0.2, 0.25) is 0 Å². The van der Waals surface area contributed by atoms with E-state index in [0.717, 1.165) is 11.1 Å². The summed E-state index contributed by atoms with van der Waals surface area (Å²) in [5.74, 6) is 1.99. The van der Waals surface area contributed by atoms with Gasteiger partial charge in [-0.1, -0.05) is 29.8 Å². The van der Waals surface area contributed by atoms with Crippen molar-refractivity contribution in [3.05, 3.63) is 0 Å². The number of alkyl halides is 1. The smallest absolute Gasteiger partial charge is 0.148 e. The Bertz CT molecular complexity index is 235. The SMILES string of the molecule is CC(C)(CBr)CSCCS(C)(=O)=O. The summed E-state index contributed by atoms with van der Waals surface area (Å²) >= 11 is 5.13. The molecule has 0 bridgehead atoms. The molecule has 0 aromatic heterocycles. The fourth-order valence-corrected chi connectivity index (χ4v) is 3.54. The molecular weight excluding hydrogens is 272 g/mol. The molecule has 0 aliphatic heterocycles. The van der Waals surface area contributed by atoms with Gasteiger partial charge in [0.15, 0.2) is 0 Å². The van der Waals surface area contributed by atoms with Crippen LogP contribution in [0.3, 0.4) is 0 Å². The maximum absolute atomic E-state index is 10.8. The third kappa shape index (κ3) is 9.09. The zero-order valence-corrected chi connectivity index (χ0v) is 11.6. The monoisotopic (exact) mass is 288 g/mol. The van der Waals surface area contributed by atoms with Gasteiger partial charge in [-0.05, 0) is 11.2 Å². The van der Waals surface area contributed by atoms with E-state index in [2.05, 4.69) is 29.8 Å². The van der Waals surface area contributed by atoms with E-state index in [0.29, 0.717) is 5.75 Å². The Labute approximate surface area is 93.9 Å². The Morgan fingerprint density at radius 3 is 2.31 bits per heavy atom. The van der Waals surface area contributed by atoms with Gasteiger partial charge in [-0.3, -0.25) is 0 Å². The minimum atomic E-state index is -2.78. The van der Waals surface area contributed by atoms with Gasteiger partial charge in [-0.15, -0.1) is 0 Å². The lowest BCUT2D eigenvalue weighted by Gasteiger charge is -2.20. The molecule has 0 rings (SSSR count). The highest BCUT2D eigenvalue weighted by atomic mass is 79.9. The van der Waals surface area contributed by atoms with Gasteiger partial charge in [0.1, 0.15) is 9.84 Å². The van der Waals surface area contributed by atoms with Crippen molar-refractivity contribution in [3.63, 3.8) is 0 Å². The standard InChI is InChI=1S/C8H17BrO2S2/c1-8(2,6-9)7-12-4-5-13(3,10)11/h4-7H2,1-3H3. The van der Waals surface area contributed by atoms with Crippen molar-refractivity contribution in [3.8, 4) is 0 Å². The van der Waals surface area contributed by atoms with Crippen LogP contribution in [-0.2, 0) is 9.84 Å². The molecular formula is C8H17BrO2S2. The van der Waals surface area contributed by atoms with Gasteiger partial charge in [0.25, 0.3) is 0 Å². The van der Waals surface area contributed by atoms with E-state index in [1.165, 1.54) is 6.26 Å². The predicted octanol–water partition coefficient (Wildman–Crippen LogP) is 2.19. The first-order valence-electron chi connectivity index (χ1n) is 4.08. The molecule has 0 aliphatic carbocycles. The lowest BCUT2D eigenvalue weighted by atomic mass is 10.0. The Hall–Kier alpha value is 0.780. The molecule has 0 aliphatic rings. The molecule has 13 heavy (non-hydrogen) atoms. The summed E-state index contributed by atoms with van der Waals surface area (Å²) in [6.07, 6.45) is 1.28. The molecule has 0 aromatic rings. The molecule has 2 nitrogen and oxygen atoms in total. The molecule has 5 heteroatoms. The number of thioether (sulfide) groups is 1. The maximum atomic E-state index is 10.8. The topological polar surface area (TPSA) is 34.1 Å². The van der Waals surface area contributed by atoms with Gasteiger partial charge in [0, 0.05) is 17.3 Å². The Kier molecular flexibility index (Phi) is 5.95. The van der Waals surface area contributed by atoms with E-state index < -0.39 is 9.84 Å². The van der Waals surface area contributed by atoms with E-state index in [4.69, 9.17) is 0 Å². The highest BCUT2D eigenvalue weighted by Crippen LogP contribution is 2.23. The van der Waals surface area contributed by atoms with Crippen LogP contribution in [0, 0.1) is 5.41 Å². The number of sulfone groups is 1. The molecule has 0 saturated carbocycles. The van der Waals surface area contributed by atoms with Gasteiger partial charge in [0.05, 0.1) is 5.75 Å². The Morgan fingerprint density at radius 1 is 1.38 bits per heavy atom. The first kappa shape index (κ1) is 13.8. The summed E-state index contributed by atoms with van der Waals surface area (Å²) in [5.41, 5.74) is 0.252. The summed E-state index contributed by atoms with van der Waals surface area (Å²) in [7, 11) is -2.78. The van der Waals surface area contributed by atoms with Crippen LogP contribution >= 0.6 is 27.7 Å². The van der Waals surface area contributed by atoms with Crippen LogP contribution in [0.15, 0.2) is 0 Å². The summed E-state index contributed by atoms with van der Waals surface area (Å²) in [6.45, 7) is 4.32. The number of hydrogen-bond acceptors (Lipinski definition) is 3. The zero-order valence-electron chi connectivity index (χ0n) is 8.34. The largest absolute Gasteiger partial charge is 0.229 e. The number of halogens is 1. The second-order valence-corrected chi connectivity index (χ2v) is 7.91. The van der Waals surface area contributed by atoms with Crippen molar-refractivity contribution in [2.75, 3.05) is 28.8 Å².